The van der Waals surface area contributed by atoms with Gasteiger partial charge in [0.2, 0.25) is 10.0 Å². The summed E-state index contributed by atoms with van der Waals surface area (Å²) in [6, 6.07) is 1.90. The molecule has 1 aromatic carbocycles. The number of nitrogens with one attached hydrogen (secondary N) is 1. The topological polar surface area (TPSA) is 72.2 Å². The van der Waals surface area contributed by atoms with Crippen molar-refractivity contribution in [2.45, 2.75) is 17.9 Å². The Balaban J connectivity index is 3.03. The molecule has 3 N–H and O–H groups in total. The zero-order chi connectivity index (χ0) is 12.3. The first kappa shape index (κ1) is 13.0. The van der Waals surface area contributed by atoms with E-state index in [4.69, 9.17) is 5.73 Å². The van der Waals surface area contributed by atoms with Crippen LogP contribution in [0.5, 0.6) is 0 Å². The van der Waals surface area contributed by atoms with E-state index in [9.17, 15) is 17.2 Å². The minimum Gasteiger partial charge on any atom is -0.329 e. The molecule has 1 aromatic rings. The Morgan fingerprint density at radius 1 is 1.38 bits per heavy atom. The van der Waals surface area contributed by atoms with Crippen molar-refractivity contribution in [3.05, 3.63) is 29.8 Å². The molecule has 90 valence electrons. The fraction of sp³-hybridized carbons (Fsp3) is 0.333. The Morgan fingerprint density at radius 2 is 2.00 bits per heavy atom. The normalized spacial score (nSPS) is 13.8. The zero-order valence-corrected chi connectivity index (χ0v) is 9.39. The third-order valence-electron chi connectivity index (χ3n) is 1.91. The van der Waals surface area contributed by atoms with Crippen LogP contribution in [0.4, 0.5) is 8.78 Å². The van der Waals surface area contributed by atoms with Crippen molar-refractivity contribution in [2.24, 2.45) is 5.73 Å². The third-order valence-corrected chi connectivity index (χ3v) is 3.50. The second-order valence-corrected chi connectivity index (χ2v) is 5.05. The van der Waals surface area contributed by atoms with E-state index in [0.29, 0.717) is 6.07 Å². The lowest BCUT2D eigenvalue weighted by atomic mass is 10.3. The summed E-state index contributed by atoms with van der Waals surface area (Å²) in [5, 5.41) is 0. The lowest BCUT2D eigenvalue weighted by Gasteiger charge is -2.11. The Hall–Kier alpha value is -1.05. The summed E-state index contributed by atoms with van der Waals surface area (Å²) in [5.74, 6) is -2.30. The first-order valence-electron chi connectivity index (χ1n) is 4.54. The van der Waals surface area contributed by atoms with Crippen LogP contribution in [0.1, 0.15) is 6.92 Å². The van der Waals surface area contributed by atoms with Crippen molar-refractivity contribution >= 4 is 10.0 Å². The maximum atomic E-state index is 12.8. The molecule has 0 aromatic heterocycles. The van der Waals surface area contributed by atoms with Crippen LogP contribution in [-0.2, 0) is 10.0 Å². The van der Waals surface area contributed by atoms with E-state index in [1.807, 2.05) is 0 Å². The van der Waals surface area contributed by atoms with E-state index < -0.39 is 27.7 Å². The molecule has 0 saturated carbocycles. The predicted octanol–water partition coefficient (Wildman–Crippen LogP) is 0.590. The number of hydrogen-bond donors (Lipinski definition) is 2. The van der Waals surface area contributed by atoms with Crippen LogP contribution in [0.2, 0.25) is 0 Å². The summed E-state index contributed by atoms with van der Waals surface area (Å²) in [4.78, 5) is -0.327. The lowest BCUT2D eigenvalue weighted by molar-refractivity contribution is 0.503. The fourth-order valence-corrected chi connectivity index (χ4v) is 2.29. The number of rotatable bonds is 4. The molecule has 7 heteroatoms. The molecule has 0 aliphatic heterocycles. The minimum atomic E-state index is -3.85. The summed E-state index contributed by atoms with van der Waals surface area (Å²) in [6.45, 7) is 1.68. The highest BCUT2D eigenvalue weighted by atomic mass is 32.2. The molecule has 0 aliphatic rings. The van der Waals surface area contributed by atoms with Gasteiger partial charge in [-0.2, -0.15) is 0 Å². The number of hydrogen-bond acceptors (Lipinski definition) is 3. The van der Waals surface area contributed by atoms with Crippen LogP contribution in [0.3, 0.4) is 0 Å². The van der Waals surface area contributed by atoms with Gasteiger partial charge >= 0.3 is 0 Å². The highest BCUT2D eigenvalue weighted by Gasteiger charge is 2.18. The number of benzene rings is 1. The molecule has 1 atom stereocenters. The maximum absolute atomic E-state index is 12.8. The third kappa shape index (κ3) is 2.97. The Bertz CT molecular complexity index is 476. The van der Waals surface area contributed by atoms with Gasteiger partial charge in [0, 0.05) is 12.6 Å². The molecule has 1 unspecified atom stereocenters. The van der Waals surface area contributed by atoms with Crippen molar-refractivity contribution in [3.63, 3.8) is 0 Å². The van der Waals surface area contributed by atoms with Gasteiger partial charge < -0.3 is 5.73 Å². The minimum absolute atomic E-state index is 0.114. The molecule has 4 nitrogen and oxygen atoms in total. The predicted molar refractivity (Wildman–Crippen MR) is 55.2 cm³/mol. The van der Waals surface area contributed by atoms with E-state index in [2.05, 4.69) is 4.72 Å². The Kier molecular flexibility index (Phi) is 3.95. The molecule has 0 aliphatic carbocycles. The van der Waals surface area contributed by atoms with Crippen LogP contribution in [0.25, 0.3) is 0 Å². The van der Waals surface area contributed by atoms with E-state index in [0.717, 1.165) is 12.1 Å². The first-order chi connectivity index (χ1) is 7.36. The van der Waals surface area contributed by atoms with E-state index in [1.54, 1.807) is 6.92 Å². The molecule has 0 heterocycles. The van der Waals surface area contributed by atoms with Crippen molar-refractivity contribution < 1.29 is 17.2 Å². The van der Waals surface area contributed by atoms with Gasteiger partial charge in [-0.05, 0) is 25.1 Å². The van der Waals surface area contributed by atoms with Gasteiger partial charge in [0.25, 0.3) is 0 Å². The quantitative estimate of drug-likeness (QED) is 0.821. The van der Waals surface area contributed by atoms with E-state index >= 15 is 0 Å². The van der Waals surface area contributed by atoms with E-state index in [1.165, 1.54) is 0 Å². The van der Waals surface area contributed by atoms with Gasteiger partial charge in [-0.1, -0.05) is 0 Å². The van der Waals surface area contributed by atoms with Crippen molar-refractivity contribution in [2.75, 3.05) is 6.54 Å². The molecule has 0 amide bonds. The van der Waals surface area contributed by atoms with Gasteiger partial charge in [0.05, 0.1) is 4.90 Å². The number of nitrogens with two attached hydrogens (primary N) is 1. The fourth-order valence-electron chi connectivity index (χ4n) is 1.03. The van der Waals surface area contributed by atoms with Gasteiger partial charge in [-0.15, -0.1) is 0 Å². The first-order valence-corrected chi connectivity index (χ1v) is 6.02. The summed E-state index contributed by atoms with van der Waals surface area (Å²) in [5.41, 5.74) is 5.25. The van der Waals surface area contributed by atoms with Crippen molar-refractivity contribution in [1.82, 2.24) is 4.72 Å². The molecule has 0 radical (unpaired) electrons. The summed E-state index contributed by atoms with van der Waals surface area (Å²) < 4.78 is 50.9. The molecule has 0 bridgehead atoms. The lowest BCUT2D eigenvalue weighted by Crippen LogP contribution is -2.37. The summed E-state index contributed by atoms with van der Waals surface area (Å²) in [7, 11) is -3.85. The highest BCUT2D eigenvalue weighted by molar-refractivity contribution is 7.89. The Labute approximate surface area is 92.5 Å². The summed E-state index contributed by atoms with van der Waals surface area (Å²) in [6.07, 6.45) is 0. The van der Waals surface area contributed by atoms with Crippen LogP contribution < -0.4 is 10.5 Å². The maximum Gasteiger partial charge on any atom is 0.240 e. The average molecular weight is 250 g/mol. The standard InChI is InChI=1S/C9H12F2N2O2S/c1-6(5-12)13-16(14,15)7-2-3-8(10)9(11)4-7/h2-4,6,13H,5,12H2,1H3. The highest BCUT2D eigenvalue weighted by Crippen LogP contribution is 2.13. The molecule has 0 spiro atoms. The number of halogens is 2. The molecular weight excluding hydrogens is 238 g/mol. The van der Waals surface area contributed by atoms with Gasteiger partial charge in [-0.25, -0.2) is 21.9 Å². The zero-order valence-electron chi connectivity index (χ0n) is 8.57. The van der Waals surface area contributed by atoms with Gasteiger partial charge in [0.15, 0.2) is 11.6 Å². The SMILES string of the molecule is CC(CN)NS(=O)(=O)c1ccc(F)c(F)c1. The smallest absolute Gasteiger partial charge is 0.240 e. The number of sulfonamides is 1. The van der Waals surface area contributed by atoms with Gasteiger partial charge in [-0.3, -0.25) is 0 Å². The Morgan fingerprint density at radius 3 is 2.50 bits per heavy atom. The monoisotopic (exact) mass is 250 g/mol. The van der Waals surface area contributed by atoms with Crippen molar-refractivity contribution in [3.8, 4) is 0 Å². The molecule has 1 rings (SSSR count). The largest absolute Gasteiger partial charge is 0.329 e. The van der Waals surface area contributed by atoms with Crippen LogP contribution >= 0.6 is 0 Å². The van der Waals surface area contributed by atoms with Gasteiger partial charge in [0.1, 0.15) is 0 Å². The second kappa shape index (κ2) is 4.86. The van der Waals surface area contributed by atoms with Crippen LogP contribution in [0.15, 0.2) is 23.1 Å². The van der Waals surface area contributed by atoms with Crippen LogP contribution in [0, 0.1) is 11.6 Å². The molecule has 16 heavy (non-hydrogen) atoms. The molecule has 0 saturated heterocycles. The second-order valence-electron chi connectivity index (χ2n) is 3.33. The average Bonchev–Trinajstić information content (AvgIpc) is 2.21. The van der Waals surface area contributed by atoms with Crippen LogP contribution in [-0.4, -0.2) is 21.0 Å². The summed E-state index contributed by atoms with van der Waals surface area (Å²) >= 11 is 0. The molecule has 0 fully saturated rings. The van der Waals surface area contributed by atoms with E-state index in [-0.39, 0.29) is 11.4 Å². The molecular formula is C9H12F2N2O2S. The van der Waals surface area contributed by atoms with Crippen molar-refractivity contribution in [1.29, 1.82) is 0 Å².